The first-order valence-corrected chi connectivity index (χ1v) is 7.18. The number of halogens is 1. The molecular formula is C14H14BrNO7. The quantitative estimate of drug-likeness (QED) is 0.488. The van der Waals surface area contributed by atoms with Crippen LogP contribution in [-0.4, -0.2) is 57.0 Å². The second kappa shape index (κ2) is 7.55. The van der Waals surface area contributed by atoms with E-state index in [0.29, 0.717) is 0 Å². The second-order valence-corrected chi connectivity index (χ2v) is 5.14. The van der Waals surface area contributed by atoms with Gasteiger partial charge in [-0.25, -0.2) is 4.79 Å². The van der Waals surface area contributed by atoms with Gasteiger partial charge in [0.1, 0.15) is 12.2 Å². The molecule has 1 aromatic carbocycles. The fourth-order valence-corrected chi connectivity index (χ4v) is 2.47. The number of aliphatic carboxylic acids is 1. The molecule has 0 aliphatic heterocycles. The highest BCUT2D eigenvalue weighted by Crippen LogP contribution is 2.23. The number of carboxylic acid groups (broad SMARTS) is 1. The number of hydrogen-bond donors (Lipinski definition) is 4. The molecule has 2 aromatic rings. The number of aldehydes is 1. The van der Waals surface area contributed by atoms with Crippen LogP contribution in [0.3, 0.4) is 0 Å². The molecule has 124 valence electrons. The molecule has 0 spiro atoms. The molecule has 0 amide bonds. The molecule has 0 unspecified atom stereocenters. The zero-order valence-electron chi connectivity index (χ0n) is 11.6. The molecule has 0 radical (unpaired) electrons. The Bertz CT molecular complexity index is 656. The van der Waals surface area contributed by atoms with Crippen LogP contribution in [0.15, 0.2) is 30.3 Å². The number of rotatable bonds is 8. The highest BCUT2D eigenvalue weighted by atomic mass is 79.9. The molecule has 2 rings (SSSR count). The second-order valence-electron chi connectivity index (χ2n) is 4.77. The van der Waals surface area contributed by atoms with E-state index in [1.165, 1.54) is 0 Å². The van der Waals surface area contributed by atoms with Gasteiger partial charge in [0.2, 0.25) is 0 Å². The summed E-state index contributed by atoms with van der Waals surface area (Å²) in [6.45, 7) is 0. The van der Waals surface area contributed by atoms with Gasteiger partial charge in [-0.2, -0.15) is 0 Å². The molecule has 0 aliphatic rings. The Labute approximate surface area is 139 Å². The first kappa shape index (κ1) is 17.4. The van der Waals surface area contributed by atoms with Crippen LogP contribution in [0.4, 0.5) is 0 Å². The first-order chi connectivity index (χ1) is 11.0. The third kappa shape index (κ3) is 3.88. The Kier molecular flexibility index (Phi) is 5.72. The van der Waals surface area contributed by atoms with Crippen molar-refractivity contribution in [3.8, 4) is 5.88 Å². The van der Waals surface area contributed by atoms with Crippen molar-refractivity contribution in [1.29, 1.82) is 0 Å². The molecule has 0 fully saturated rings. The van der Waals surface area contributed by atoms with Gasteiger partial charge in [-0.3, -0.25) is 3.83 Å². The van der Waals surface area contributed by atoms with Gasteiger partial charge in [-0.1, -0.05) is 18.2 Å². The molecule has 0 bridgehead atoms. The summed E-state index contributed by atoms with van der Waals surface area (Å²) in [7, 11) is 0. The number of aromatic nitrogens is 1. The van der Waals surface area contributed by atoms with Crippen molar-refractivity contribution in [1.82, 2.24) is 4.98 Å². The Morgan fingerprint density at radius 3 is 2.57 bits per heavy atom. The number of para-hydroxylation sites is 1. The van der Waals surface area contributed by atoms with Gasteiger partial charge >= 0.3 is 5.97 Å². The van der Waals surface area contributed by atoms with Crippen LogP contribution in [0.25, 0.3) is 10.9 Å². The Morgan fingerprint density at radius 1 is 1.30 bits per heavy atom. The summed E-state index contributed by atoms with van der Waals surface area (Å²) < 4.78 is 9.89. The molecule has 0 saturated carbocycles. The van der Waals surface area contributed by atoms with Crippen LogP contribution < -0.4 is 4.74 Å². The van der Waals surface area contributed by atoms with E-state index < -0.39 is 30.4 Å². The molecule has 0 aliphatic carbocycles. The van der Waals surface area contributed by atoms with Crippen LogP contribution in [0.2, 0.25) is 0 Å². The van der Waals surface area contributed by atoms with Gasteiger partial charge in [-0.15, -0.1) is 0 Å². The van der Waals surface area contributed by atoms with Crippen molar-refractivity contribution in [2.24, 2.45) is 0 Å². The molecule has 23 heavy (non-hydrogen) atoms. The largest absolute Gasteiger partial charge is 0.479 e. The monoisotopic (exact) mass is 387 g/mol. The summed E-state index contributed by atoms with van der Waals surface area (Å²) in [6.07, 6.45) is -6.69. The maximum atomic E-state index is 11.0. The number of hydrogen-bond acceptors (Lipinski definition) is 6. The minimum atomic E-state index is -1.81. The molecule has 9 heteroatoms. The van der Waals surface area contributed by atoms with Crippen molar-refractivity contribution >= 4 is 39.4 Å². The van der Waals surface area contributed by atoms with E-state index in [9.17, 15) is 19.8 Å². The average molecular weight is 388 g/mol. The van der Waals surface area contributed by atoms with Crippen molar-refractivity contribution in [2.75, 3.05) is 0 Å². The first-order valence-electron chi connectivity index (χ1n) is 6.54. The van der Waals surface area contributed by atoms with Crippen molar-refractivity contribution < 1.29 is 33.5 Å². The zero-order valence-corrected chi connectivity index (χ0v) is 13.2. The highest BCUT2D eigenvalue weighted by Gasteiger charge is 2.39. The van der Waals surface area contributed by atoms with Crippen LogP contribution in [0.1, 0.15) is 0 Å². The predicted molar refractivity (Wildman–Crippen MR) is 82.2 cm³/mol. The number of aliphatic hydroxyl groups excluding tert-OH is 2. The number of aliphatic hydroxyl groups is 2. The van der Waals surface area contributed by atoms with Gasteiger partial charge in [0.05, 0.1) is 16.3 Å². The molecule has 4 atom stereocenters. The topological polar surface area (TPSA) is 129 Å². The highest BCUT2D eigenvalue weighted by molar-refractivity contribution is 9.06. The van der Waals surface area contributed by atoms with Gasteiger partial charge in [0.15, 0.2) is 24.4 Å². The third-order valence-electron chi connectivity index (χ3n) is 3.23. The summed E-state index contributed by atoms with van der Waals surface area (Å²) in [6, 6.07) is 8.80. The molecule has 4 N–H and O–H groups in total. The molecule has 1 aromatic heterocycles. The Hall–Kier alpha value is -1.94. The van der Waals surface area contributed by atoms with Crippen molar-refractivity contribution in [3.05, 3.63) is 30.3 Å². The lowest BCUT2D eigenvalue weighted by Gasteiger charge is -2.27. The van der Waals surface area contributed by atoms with Crippen LogP contribution >= 0.6 is 16.3 Å². The Morgan fingerprint density at radius 2 is 2.00 bits per heavy atom. The normalized spacial score (nSPS) is 16.5. The summed E-state index contributed by atoms with van der Waals surface area (Å²) in [4.78, 5) is 24.8. The van der Waals surface area contributed by atoms with Crippen LogP contribution in [0.5, 0.6) is 5.88 Å². The van der Waals surface area contributed by atoms with E-state index >= 15 is 0 Å². The zero-order chi connectivity index (χ0) is 17.0. The number of aromatic amines is 1. The number of ether oxygens (including phenoxy) is 1. The average Bonchev–Trinajstić information content (AvgIpc) is 2.94. The lowest BCUT2D eigenvalue weighted by atomic mass is 10.0. The molecule has 0 saturated heterocycles. The standard InChI is InChI=1S/C14H14BrNO7/c15-23-13(14(20)21)11(19)12(9(18)6-17)22-10-5-7-3-1-2-4-8(7)16-10/h1-6,9,11-13,16,18-19H,(H,20,21)/t9-,11-,12+,13-/m0/s1. The van der Waals surface area contributed by atoms with Gasteiger partial charge in [0, 0.05) is 17.0 Å². The summed E-state index contributed by atoms with van der Waals surface area (Å²) >= 11 is 2.50. The van der Waals surface area contributed by atoms with Crippen LogP contribution in [0, 0.1) is 0 Å². The number of benzene rings is 1. The fraction of sp³-hybridized carbons (Fsp3) is 0.286. The number of carbonyl (C=O) groups excluding carboxylic acids is 1. The number of fused-ring (bicyclic) bond motifs is 1. The minimum Gasteiger partial charge on any atom is -0.479 e. The van der Waals surface area contributed by atoms with Gasteiger partial charge in [-0.05, 0) is 6.07 Å². The van der Waals surface area contributed by atoms with Gasteiger partial charge in [0.25, 0.3) is 0 Å². The summed E-state index contributed by atoms with van der Waals surface area (Å²) in [5.41, 5.74) is 0.739. The lowest BCUT2D eigenvalue weighted by Crippen LogP contribution is -2.51. The summed E-state index contributed by atoms with van der Waals surface area (Å²) in [5.74, 6) is -1.33. The van der Waals surface area contributed by atoms with E-state index in [1.807, 2.05) is 12.1 Å². The number of carbonyl (C=O) groups is 2. The molecule has 8 nitrogen and oxygen atoms in total. The lowest BCUT2D eigenvalue weighted by molar-refractivity contribution is -0.157. The smallest absolute Gasteiger partial charge is 0.336 e. The van der Waals surface area contributed by atoms with E-state index in [2.05, 4.69) is 25.1 Å². The number of nitrogens with one attached hydrogen (secondary N) is 1. The maximum Gasteiger partial charge on any atom is 0.336 e. The number of carboxylic acids is 1. The van der Waals surface area contributed by atoms with Crippen molar-refractivity contribution in [3.63, 3.8) is 0 Å². The fourth-order valence-electron chi connectivity index (χ4n) is 2.08. The van der Waals surface area contributed by atoms with E-state index in [0.717, 1.165) is 10.9 Å². The van der Waals surface area contributed by atoms with E-state index in [1.54, 1.807) is 18.2 Å². The predicted octanol–water partition coefficient (Wildman–Crippen LogP) is 0.616. The summed E-state index contributed by atoms with van der Waals surface area (Å²) in [5, 5.41) is 29.6. The van der Waals surface area contributed by atoms with E-state index in [4.69, 9.17) is 9.84 Å². The minimum absolute atomic E-state index is 0.143. The molecular weight excluding hydrogens is 374 g/mol. The van der Waals surface area contributed by atoms with Crippen LogP contribution in [-0.2, 0) is 13.4 Å². The van der Waals surface area contributed by atoms with E-state index in [-0.39, 0.29) is 12.2 Å². The SMILES string of the molecule is O=C[C@H](O)[C@@H](Oc1cc2ccccc2[nH]1)[C@H](O)[C@H](OBr)C(=O)O. The Balaban J connectivity index is 2.27. The number of H-pyrrole nitrogens is 1. The third-order valence-corrected chi connectivity index (χ3v) is 3.63. The molecule has 1 heterocycles. The van der Waals surface area contributed by atoms with Gasteiger partial charge < -0.3 is 29.8 Å². The van der Waals surface area contributed by atoms with Crippen molar-refractivity contribution in [2.45, 2.75) is 24.4 Å². The maximum absolute atomic E-state index is 11.0.